The van der Waals surface area contributed by atoms with Crippen LogP contribution in [0.1, 0.15) is 10.5 Å². The van der Waals surface area contributed by atoms with E-state index >= 15 is 0 Å². The molecule has 2 aromatic rings. The molecule has 9 heteroatoms. The van der Waals surface area contributed by atoms with Crippen LogP contribution in [0.15, 0.2) is 24.3 Å². The average molecular weight is 369 g/mol. The van der Waals surface area contributed by atoms with Gasteiger partial charge in [-0.05, 0) is 24.3 Å². The number of nitrogens with one attached hydrogen (secondary N) is 2. The number of sulfonamides is 1. The minimum absolute atomic E-state index is 0.0944. The Kier molecular flexibility index (Phi) is 4.81. The number of H-pyrrole nitrogens is 1. The summed E-state index contributed by atoms with van der Waals surface area (Å²) in [4.78, 5) is 15.4. The van der Waals surface area contributed by atoms with Gasteiger partial charge in [0.05, 0.1) is 25.0 Å². The van der Waals surface area contributed by atoms with Crippen LogP contribution in [-0.2, 0) is 14.8 Å². The van der Waals surface area contributed by atoms with E-state index in [9.17, 15) is 17.6 Å². The van der Waals surface area contributed by atoms with E-state index in [1.807, 2.05) is 0 Å². The number of hydrogen-bond acceptors (Lipinski definition) is 4. The summed E-state index contributed by atoms with van der Waals surface area (Å²) >= 11 is 0. The third-order valence-electron chi connectivity index (χ3n) is 4.32. The maximum absolute atomic E-state index is 13.3. The normalized spacial score (nSPS) is 21.1. The number of ether oxygens (including phenoxy) is 1. The van der Waals surface area contributed by atoms with Crippen molar-refractivity contribution in [3.05, 3.63) is 35.8 Å². The van der Waals surface area contributed by atoms with Crippen LogP contribution in [0.3, 0.4) is 0 Å². The molecule has 0 saturated carbocycles. The number of hydrogen-bond donors (Lipinski definition) is 2. The van der Waals surface area contributed by atoms with Gasteiger partial charge < -0.3 is 15.0 Å². The summed E-state index contributed by atoms with van der Waals surface area (Å²) in [6.07, 6.45) is 0. The Morgan fingerprint density at radius 3 is 2.84 bits per heavy atom. The molecule has 2 atom stereocenters. The molecule has 136 valence electrons. The van der Waals surface area contributed by atoms with E-state index in [2.05, 4.69) is 10.3 Å². The van der Waals surface area contributed by atoms with Crippen molar-refractivity contribution in [2.24, 2.45) is 5.92 Å². The number of aromatic nitrogens is 1. The van der Waals surface area contributed by atoms with E-state index in [0.717, 1.165) is 4.31 Å². The maximum atomic E-state index is 13.3. The largest absolute Gasteiger partial charge is 0.379 e. The fourth-order valence-corrected chi connectivity index (χ4v) is 3.98. The van der Waals surface area contributed by atoms with Crippen molar-refractivity contribution in [3.63, 3.8) is 0 Å². The predicted molar refractivity (Wildman–Crippen MR) is 91.3 cm³/mol. The highest BCUT2D eigenvalue weighted by atomic mass is 32.2. The zero-order valence-electron chi connectivity index (χ0n) is 14.0. The first-order valence-electron chi connectivity index (χ1n) is 7.83. The Hall–Kier alpha value is -1.97. The van der Waals surface area contributed by atoms with Gasteiger partial charge in [0.25, 0.3) is 5.91 Å². The van der Waals surface area contributed by atoms with Gasteiger partial charge in [-0.25, -0.2) is 17.1 Å². The zero-order chi connectivity index (χ0) is 18.2. The monoisotopic (exact) mass is 369 g/mol. The number of carbonyl (C=O) groups is 1. The molecular weight excluding hydrogens is 349 g/mol. The molecule has 1 fully saturated rings. The summed E-state index contributed by atoms with van der Waals surface area (Å²) in [6, 6.07) is 5.38. The fraction of sp³-hybridized carbons (Fsp3) is 0.438. The number of halogens is 1. The second kappa shape index (κ2) is 6.74. The van der Waals surface area contributed by atoms with E-state index in [1.165, 1.54) is 26.2 Å². The SMILES string of the molecule is CN(C)S(=O)(=O)C[C@@H]1COC[C@H]1NC(=O)c1cc2cc(F)ccc2[nH]1. The first-order chi connectivity index (χ1) is 11.8. The number of rotatable bonds is 5. The Balaban J connectivity index is 1.72. The number of aromatic amines is 1. The second-order valence-corrected chi connectivity index (χ2v) is 8.58. The van der Waals surface area contributed by atoms with Crippen molar-refractivity contribution in [2.75, 3.05) is 33.1 Å². The van der Waals surface area contributed by atoms with E-state index in [-0.39, 0.29) is 36.6 Å². The predicted octanol–water partition coefficient (Wildman–Crippen LogP) is 0.943. The lowest BCUT2D eigenvalue weighted by atomic mass is 10.1. The van der Waals surface area contributed by atoms with Crippen molar-refractivity contribution in [2.45, 2.75) is 6.04 Å². The number of nitrogens with zero attached hydrogens (tertiary/aromatic N) is 1. The van der Waals surface area contributed by atoms with Crippen LogP contribution in [-0.4, -0.2) is 62.7 Å². The van der Waals surface area contributed by atoms with Crippen LogP contribution in [0.2, 0.25) is 0 Å². The molecule has 1 aliphatic rings. The van der Waals surface area contributed by atoms with E-state index < -0.39 is 16.1 Å². The molecular formula is C16H20FN3O4S. The van der Waals surface area contributed by atoms with Gasteiger partial charge in [0.2, 0.25) is 10.0 Å². The maximum Gasteiger partial charge on any atom is 0.268 e. The molecule has 2 heterocycles. The van der Waals surface area contributed by atoms with Crippen LogP contribution in [0.4, 0.5) is 4.39 Å². The topological polar surface area (TPSA) is 91.5 Å². The zero-order valence-corrected chi connectivity index (χ0v) is 14.8. The molecule has 7 nitrogen and oxygen atoms in total. The lowest BCUT2D eigenvalue weighted by molar-refractivity contribution is 0.0922. The first kappa shape index (κ1) is 17.8. The Morgan fingerprint density at radius 2 is 2.12 bits per heavy atom. The van der Waals surface area contributed by atoms with E-state index in [0.29, 0.717) is 16.6 Å². The fourth-order valence-electron chi connectivity index (χ4n) is 2.81. The molecule has 1 aliphatic heterocycles. The van der Waals surface area contributed by atoms with Crippen LogP contribution >= 0.6 is 0 Å². The molecule has 1 aromatic carbocycles. The third kappa shape index (κ3) is 3.83. The van der Waals surface area contributed by atoms with Crippen LogP contribution in [0.5, 0.6) is 0 Å². The molecule has 25 heavy (non-hydrogen) atoms. The van der Waals surface area contributed by atoms with Crippen molar-refractivity contribution < 1.29 is 22.3 Å². The Morgan fingerprint density at radius 1 is 1.36 bits per heavy atom. The van der Waals surface area contributed by atoms with Crippen LogP contribution in [0.25, 0.3) is 10.9 Å². The lowest BCUT2D eigenvalue weighted by Gasteiger charge is -2.20. The molecule has 0 spiro atoms. The van der Waals surface area contributed by atoms with Gasteiger partial charge in [-0.1, -0.05) is 0 Å². The minimum atomic E-state index is -3.39. The highest BCUT2D eigenvalue weighted by Crippen LogP contribution is 2.20. The second-order valence-electron chi connectivity index (χ2n) is 6.35. The van der Waals surface area contributed by atoms with Crippen molar-refractivity contribution in [3.8, 4) is 0 Å². The quantitative estimate of drug-likeness (QED) is 0.821. The first-order valence-corrected chi connectivity index (χ1v) is 9.44. The summed E-state index contributed by atoms with van der Waals surface area (Å²) in [7, 11) is -0.439. The van der Waals surface area contributed by atoms with E-state index in [1.54, 1.807) is 12.1 Å². The van der Waals surface area contributed by atoms with Gasteiger partial charge in [0.1, 0.15) is 11.5 Å². The molecule has 3 rings (SSSR count). The number of benzene rings is 1. The molecule has 0 unspecified atom stereocenters. The molecule has 0 radical (unpaired) electrons. The summed E-state index contributed by atoms with van der Waals surface area (Å²) < 4.78 is 43.9. The van der Waals surface area contributed by atoms with Gasteiger partial charge >= 0.3 is 0 Å². The van der Waals surface area contributed by atoms with Gasteiger partial charge in [-0.3, -0.25) is 4.79 Å². The minimum Gasteiger partial charge on any atom is -0.379 e. The Bertz CT molecular complexity index is 894. The smallest absolute Gasteiger partial charge is 0.268 e. The average Bonchev–Trinajstić information content (AvgIpc) is 3.13. The number of amides is 1. The molecule has 2 N–H and O–H groups in total. The van der Waals surface area contributed by atoms with Crippen molar-refractivity contribution in [1.29, 1.82) is 0 Å². The highest BCUT2D eigenvalue weighted by Gasteiger charge is 2.34. The van der Waals surface area contributed by atoms with Gasteiger partial charge in [0.15, 0.2) is 0 Å². The molecule has 1 saturated heterocycles. The summed E-state index contributed by atoms with van der Waals surface area (Å²) in [5, 5.41) is 3.41. The molecule has 1 aromatic heterocycles. The van der Waals surface area contributed by atoms with Crippen LogP contribution in [0, 0.1) is 11.7 Å². The Labute approximate surface area is 145 Å². The van der Waals surface area contributed by atoms with Crippen molar-refractivity contribution in [1.82, 2.24) is 14.6 Å². The summed E-state index contributed by atoms with van der Waals surface area (Å²) in [5.74, 6) is -1.17. The summed E-state index contributed by atoms with van der Waals surface area (Å²) in [6.45, 7) is 0.532. The lowest BCUT2D eigenvalue weighted by Crippen LogP contribution is -2.43. The highest BCUT2D eigenvalue weighted by molar-refractivity contribution is 7.89. The number of carbonyl (C=O) groups excluding carboxylic acids is 1. The number of fused-ring (bicyclic) bond motifs is 1. The van der Waals surface area contributed by atoms with Gasteiger partial charge in [-0.15, -0.1) is 0 Å². The summed E-state index contributed by atoms with van der Waals surface area (Å²) in [5.41, 5.74) is 0.947. The van der Waals surface area contributed by atoms with Crippen molar-refractivity contribution >= 4 is 26.8 Å². The third-order valence-corrected chi connectivity index (χ3v) is 6.29. The standard InChI is InChI=1S/C16H20FN3O4S/c1-20(2)25(22,23)9-11-7-24-8-15(11)19-16(21)14-6-10-5-12(17)3-4-13(10)18-14/h3-6,11,15,18H,7-9H2,1-2H3,(H,19,21)/t11-,15+/m0/s1. The molecule has 1 amide bonds. The van der Waals surface area contributed by atoms with Gasteiger partial charge in [-0.2, -0.15) is 0 Å². The van der Waals surface area contributed by atoms with E-state index in [4.69, 9.17) is 4.74 Å². The molecule has 0 aliphatic carbocycles. The van der Waals surface area contributed by atoms with Crippen LogP contribution < -0.4 is 5.32 Å². The van der Waals surface area contributed by atoms with Gasteiger partial charge in [0, 0.05) is 30.9 Å². The molecule has 0 bridgehead atoms.